The summed E-state index contributed by atoms with van der Waals surface area (Å²) in [5, 5.41) is 7.62. The smallest absolute Gasteiger partial charge is 0.354 e. The molecule has 2 heterocycles. The Bertz CT molecular complexity index is 791. The van der Waals surface area contributed by atoms with E-state index in [1.807, 2.05) is 29.6 Å². The molecule has 0 fully saturated rings. The Morgan fingerprint density at radius 3 is 2.75 bits per heavy atom. The van der Waals surface area contributed by atoms with Crippen LogP contribution < -0.4 is 10.7 Å². The quantitative estimate of drug-likeness (QED) is 0.771. The first-order chi connectivity index (χ1) is 11.5. The van der Waals surface area contributed by atoms with Crippen LogP contribution in [0.5, 0.6) is 0 Å². The monoisotopic (exact) mass is 407 g/mol. The SMILES string of the molecule is NC(=O)[C@@H]1CC(C(=O)OCc2csc(Br)c2)=NN1c1ccccc1. The number of para-hydroxylation sites is 1. The Labute approximate surface area is 151 Å². The van der Waals surface area contributed by atoms with Crippen LogP contribution in [-0.2, 0) is 20.9 Å². The maximum Gasteiger partial charge on any atom is 0.354 e. The van der Waals surface area contributed by atoms with Gasteiger partial charge in [-0.3, -0.25) is 9.80 Å². The molecule has 1 amide bonds. The fourth-order valence-electron chi connectivity index (χ4n) is 2.33. The average Bonchev–Trinajstić information content (AvgIpc) is 3.20. The molecule has 0 saturated carbocycles. The maximum absolute atomic E-state index is 12.2. The number of nitrogens with two attached hydrogens (primary N) is 1. The number of benzene rings is 1. The first-order valence-corrected chi connectivity index (χ1v) is 8.83. The standard InChI is InChI=1S/C16H14BrN3O3S/c17-14-6-10(9-24-14)8-23-16(22)12-7-13(15(18)21)20(19-12)11-4-2-1-3-5-11/h1-6,9,13H,7-8H2,(H2,18,21)/t13-/m0/s1. The summed E-state index contributed by atoms with van der Waals surface area (Å²) in [7, 11) is 0. The van der Waals surface area contributed by atoms with Crippen molar-refractivity contribution in [3.05, 3.63) is 51.1 Å². The highest BCUT2D eigenvalue weighted by molar-refractivity contribution is 9.11. The highest BCUT2D eigenvalue weighted by atomic mass is 79.9. The third kappa shape index (κ3) is 3.65. The van der Waals surface area contributed by atoms with Gasteiger partial charge in [0.05, 0.1) is 9.47 Å². The minimum Gasteiger partial charge on any atom is -0.456 e. The van der Waals surface area contributed by atoms with Crippen molar-refractivity contribution in [3.8, 4) is 0 Å². The first-order valence-electron chi connectivity index (χ1n) is 7.15. The van der Waals surface area contributed by atoms with Gasteiger partial charge in [-0.15, -0.1) is 11.3 Å². The number of carbonyl (C=O) groups is 2. The van der Waals surface area contributed by atoms with Gasteiger partial charge in [0, 0.05) is 12.0 Å². The predicted octanol–water partition coefficient (Wildman–Crippen LogP) is 2.67. The molecule has 0 saturated heterocycles. The predicted molar refractivity (Wildman–Crippen MR) is 95.8 cm³/mol. The Morgan fingerprint density at radius 1 is 1.38 bits per heavy atom. The van der Waals surface area contributed by atoms with Gasteiger partial charge in [-0.05, 0) is 39.5 Å². The molecule has 6 nitrogen and oxygen atoms in total. The highest BCUT2D eigenvalue weighted by Gasteiger charge is 2.35. The number of hydrazone groups is 1. The summed E-state index contributed by atoms with van der Waals surface area (Å²) >= 11 is 4.88. The summed E-state index contributed by atoms with van der Waals surface area (Å²) in [6.45, 7) is 0.159. The number of hydrogen-bond donors (Lipinski definition) is 1. The Hall–Kier alpha value is -2.19. The summed E-state index contributed by atoms with van der Waals surface area (Å²) < 4.78 is 6.24. The number of thiophene rings is 1. The molecule has 0 unspecified atom stereocenters. The Kier molecular flexibility index (Phi) is 4.96. The van der Waals surface area contributed by atoms with Crippen LogP contribution in [0.2, 0.25) is 0 Å². The van der Waals surface area contributed by atoms with Gasteiger partial charge in [0.1, 0.15) is 18.4 Å². The average molecular weight is 408 g/mol. The number of esters is 1. The number of amides is 1. The lowest BCUT2D eigenvalue weighted by Crippen LogP contribution is -2.39. The molecular weight excluding hydrogens is 394 g/mol. The van der Waals surface area contributed by atoms with Crippen molar-refractivity contribution in [1.29, 1.82) is 0 Å². The topological polar surface area (TPSA) is 85.0 Å². The fraction of sp³-hybridized carbons (Fsp3) is 0.188. The van der Waals surface area contributed by atoms with Crippen LogP contribution in [0.1, 0.15) is 12.0 Å². The Balaban J connectivity index is 1.72. The lowest BCUT2D eigenvalue weighted by atomic mass is 10.1. The summed E-state index contributed by atoms with van der Waals surface area (Å²) in [5.74, 6) is -1.07. The van der Waals surface area contributed by atoms with Crippen molar-refractivity contribution in [2.45, 2.75) is 19.1 Å². The number of primary amides is 1. The first kappa shape index (κ1) is 16.7. The number of carbonyl (C=O) groups excluding carboxylic acids is 2. The number of nitrogens with zero attached hydrogens (tertiary/aromatic N) is 2. The molecule has 1 aliphatic rings. The summed E-state index contributed by atoms with van der Waals surface area (Å²) in [4.78, 5) is 23.9. The zero-order chi connectivity index (χ0) is 17.1. The van der Waals surface area contributed by atoms with Crippen molar-refractivity contribution in [2.75, 3.05) is 5.01 Å². The lowest BCUT2D eigenvalue weighted by Gasteiger charge is -2.20. The van der Waals surface area contributed by atoms with Crippen LogP contribution in [0, 0.1) is 0 Å². The van der Waals surface area contributed by atoms with Crippen LogP contribution in [0.15, 0.2) is 50.7 Å². The van der Waals surface area contributed by atoms with Gasteiger partial charge in [0.2, 0.25) is 5.91 Å². The van der Waals surface area contributed by atoms with Crippen LogP contribution in [0.25, 0.3) is 0 Å². The third-order valence-electron chi connectivity index (χ3n) is 3.49. The minimum absolute atomic E-state index is 0.135. The highest BCUT2D eigenvalue weighted by Crippen LogP contribution is 2.25. The van der Waals surface area contributed by atoms with E-state index in [9.17, 15) is 9.59 Å². The van der Waals surface area contributed by atoms with Gasteiger partial charge in [-0.2, -0.15) is 5.10 Å². The van der Waals surface area contributed by atoms with Crippen LogP contribution in [-0.4, -0.2) is 23.6 Å². The number of ether oxygens (including phenoxy) is 1. The van der Waals surface area contributed by atoms with Gasteiger partial charge in [-0.25, -0.2) is 4.79 Å². The zero-order valence-corrected chi connectivity index (χ0v) is 14.9. The van der Waals surface area contributed by atoms with Crippen LogP contribution in [0.3, 0.4) is 0 Å². The minimum atomic E-state index is -0.690. The molecular formula is C16H14BrN3O3S. The lowest BCUT2D eigenvalue weighted by molar-refractivity contribution is -0.136. The van der Waals surface area contributed by atoms with Gasteiger partial charge >= 0.3 is 5.97 Å². The molecule has 24 heavy (non-hydrogen) atoms. The van der Waals surface area contributed by atoms with E-state index in [1.54, 1.807) is 12.1 Å². The molecule has 8 heteroatoms. The summed E-state index contributed by atoms with van der Waals surface area (Å²) in [5.41, 5.74) is 7.23. The van der Waals surface area contributed by atoms with E-state index < -0.39 is 17.9 Å². The molecule has 3 rings (SSSR count). The molecule has 0 radical (unpaired) electrons. The molecule has 0 bridgehead atoms. The fourth-order valence-corrected chi connectivity index (χ4v) is 3.52. The molecule has 0 aliphatic carbocycles. The van der Waals surface area contributed by atoms with Gasteiger partial charge in [0.25, 0.3) is 0 Å². The number of rotatable bonds is 5. The molecule has 0 spiro atoms. The molecule has 1 aromatic carbocycles. The number of anilines is 1. The summed E-state index contributed by atoms with van der Waals surface area (Å²) in [6, 6.07) is 10.3. The molecule has 124 valence electrons. The number of hydrogen-bond acceptors (Lipinski definition) is 6. The maximum atomic E-state index is 12.2. The van der Waals surface area contributed by atoms with E-state index in [0.717, 1.165) is 9.35 Å². The van der Waals surface area contributed by atoms with Gasteiger partial charge < -0.3 is 10.5 Å². The van der Waals surface area contributed by atoms with E-state index in [0.29, 0.717) is 5.69 Å². The Morgan fingerprint density at radius 2 is 2.12 bits per heavy atom. The van der Waals surface area contributed by atoms with Crippen molar-refractivity contribution in [2.24, 2.45) is 10.8 Å². The van der Waals surface area contributed by atoms with Gasteiger partial charge in [0.15, 0.2) is 0 Å². The second-order valence-corrected chi connectivity index (χ2v) is 7.47. The van der Waals surface area contributed by atoms with E-state index in [4.69, 9.17) is 10.5 Å². The van der Waals surface area contributed by atoms with Crippen molar-refractivity contribution in [1.82, 2.24) is 0 Å². The normalized spacial score (nSPS) is 16.8. The molecule has 2 aromatic rings. The van der Waals surface area contributed by atoms with Crippen LogP contribution in [0.4, 0.5) is 5.69 Å². The molecule has 1 aromatic heterocycles. The largest absolute Gasteiger partial charge is 0.456 e. The summed E-state index contributed by atoms with van der Waals surface area (Å²) in [6.07, 6.45) is 0.135. The van der Waals surface area contributed by atoms with E-state index in [2.05, 4.69) is 21.0 Å². The van der Waals surface area contributed by atoms with Crippen molar-refractivity contribution in [3.63, 3.8) is 0 Å². The van der Waals surface area contributed by atoms with Crippen molar-refractivity contribution < 1.29 is 14.3 Å². The molecule has 2 N–H and O–H groups in total. The third-order valence-corrected chi connectivity index (χ3v) is 5.04. The van der Waals surface area contributed by atoms with Gasteiger partial charge in [-0.1, -0.05) is 18.2 Å². The van der Waals surface area contributed by atoms with E-state index in [1.165, 1.54) is 16.3 Å². The zero-order valence-electron chi connectivity index (χ0n) is 12.5. The van der Waals surface area contributed by atoms with E-state index in [-0.39, 0.29) is 18.7 Å². The van der Waals surface area contributed by atoms with Crippen molar-refractivity contribution >= 4 is 50.5 Å². The second-order valence-electron chi connectivity index (χ2n) is 5.18. The number of halogens is 1. The van der Waals surface area contributed by atoms with E-state index >= 15 is 0 Å². The second kappa shape index (κ2) is 7.14. The molecule has 1 atom stereocenters. The molecule has 1 aliphatic heterocycles. The van der Waals surface area contributed by atoms with Crippen LogP contribution >= 0.6 is 27.3 Å².